The normalized spacial score (nSPS) is 11.0. The van der Waals surface area contributed by atoms with Gasteiger partial charge < -0.3 is 4.74 Å². The number of fused-ring (bicyclic) bond motifs is 1. The first-order chi connectivity index (χ1) is 7.63. The molecule has 0 bridgehead atoms. The number of aromatic nitrogens is 1. The zero-order chi connectivity index (χ0) is 11.7. The van der Waals surface area contributed by atoms with E-state index in [1.54, 1.807) is 11.3 Å². The fourth-order valence-electron chi connectivity index (χ4n) is 1.59. The highest BCUT2D eigenvalue weighted by atomic mass is 127. The van der Waals surface area contributed by atoms with Crippen molar-refractivity contribution in [2.75, 3.05) is 6.61 Å². The molecule has 0 N–H and O–H groups in total. The molecule has 4 heteroatoms. The van der Waals surface area contributed by atoms with Gasteiger partial charge in [-0.3, -0.25) is 0 Å². The van der Waals surface area contributed by atoms with E-state index in [-0.39, 0.29) is 0 Å². The van der Waals surface area contributed by atoms with Crippen molar-refractivity contribution in [3.05, 3.63) is 20.2 Å². The molecule has 1 aromatic heterocycles. The van der Waals surface area contributed by atoms with Crippen molar-refractivity contribution in [2.45, 2.75) is 27.2 Å². The monoisotopic (exact) mass is 347 g/mol. The van der Waals surface area contributed by atoms with Crippen molar-refractivity contribution in [2.24, 2.45) is 0 Å². The molecule has 0 saturated carbocycles. The van der Waals surface area contributed by atoms with E-state index >= 15 is 0 Å². The highest BCUT2D eigenvalue weighted by molar-refractivity contribution is 14.1. The summed E-state index contributed by atoms with van der Waals surface area (Å²) in [6, 6.07) is 2.13. The van der Waals surface area contributed by atoms with Crippen LogP contribution in [0.15, 0.2) is 6.07 Å². The maximum atomic E-state index is 5.78. The maximum Gasteiger partial charge on any atom is 0.155 e. The van der Waals surface area contributed by atoms with Gasteiger partial charge in [0.15, 0.2) is 3.01 Å². The maximum absolute atomic E-state index is 5.78. The van der Waals surface area contributed by atoms with Crippen LogP contribution in [-0.2, 0) is 0 Å². The first-order valence-electron chi connectivity index (χ1n) is 5.32. The average Bonchev–Trinajstić information content (AvgIpc) is 2.64. The van der Waals surface area contributed by atoms with Crippen LogP contribution < -0.4 is 4.74 Å². The number of nitrogens with zero attached hydrogens (tertiary/aromatic N) is 1. The van der Waals surface area contributed by atoms with Crippen molar-refractivity contribution in [1.82, 2.24) is 4.98 Å². The fraction of sp³-hybridized carbons (Fsp3) is 0.417. The van der Waals surface area contributed by atoms with E-state index in [9.17, 15) is 0 Å². The Morgan fingerprint density at radius 3 is 2.88 bits per heavy atom. The van der Waals surface area contributed by atoms with Crippen LogP contribution >= 0.6 is 33.9 Å². The molecule has 0 radical (unpaired) electrons. The van der Waals surface area contributed by atoms with Gasteiger partial charge in [-0.15, -0.1) is 11.3 Å². The summed E-state index contributed by atoms with van der Waals surface area (Å²) in [7, 11) is 0. The van der Waals surface area contributed by atoms with E-state index in [2.05, 4.69) is 54.4 Å². The second-order valence-electron chi connectivity index (χ2n) is 3.81. The SMILES string of the molecule is CCCOc1cc(C)c(C)c2nc(I)sc12. The molecule has 0 atom stereocenters. The number of rotatable bonds is 3. The predicted octanol–water partition coefficient (Wildman–Crippen LogP) is 4.31. The fourth-order valence-corrected chi connectivity index (χ4v) is 3.31. The Morgan fingerprint density at radius 2 is 2.19 bits per heavy atom. The first kappa shape index (κ1) is 12.1. The summed E-state index contributed by atoms with van der Waals surface area (Å²) in [6.07, 6.45) is 1.03. The molecule has 0 saturated heterocycles. The largest absolute Gasteiger partial charge is 0.492 e. The number of benzene rings is 1. The summed E-state index contributed by atoms with van der Waals surface area (Å²) in [5.74, 6) is 0.986. The number of hydrogen-bond acceptors (Lipinski definition) is 3. The van der Waals surface area contributed by atoms with Crippen molar-refractivity contribution in [1.29, 1.82) is 0 Å². The second kappa shape index (κ2) is 4.87. The van der Waals surface area contributed by atoms with Crippen molar-refractivity contribution >= 4 is 44.1 Å². The van der Waals surface area contributed by atoms with Gasteiger partial charge in [-0.05, 0) is 60.1 Å². The van der Waals surface area contributed by atoms with Crippen LogP contribution in [0, 0.1) is 16.9 Å². The van der Waals surface area contributed by atoms with Crippen LogP contribution in [0.4, 0.5) is 0 Å². The number of hydrogen-bond donors (Lipinski definition) is 0. The third-order valence-corrected chi connectivity index (χ3v) is 4.34. The highest BCUT2D eigenvalue weighted by Crippen LogP contribution is 2.35. The van der Waals surface area contributed by atoms with Gasteiger partial charge in [-0.1, -0.05) is 6.92 Å². The molecule has 2 rings (SSSR count). The number of ether oxygens (including phenoxy) is 1. The summed E-state index contributed by atoms with van der Waals surface area (Å²) in [4.78, 5) is 4.57. The van der Waals surface area contributed by atoms with Gasteiger partial charge in [-0.25, -0.2) is 4.98 Å². The third kappa shape index (κ3) is 2.18. The molecular weight excluding hydrogens is 333 g/mol. The van der Waals surface area contributed by atoms with Gasteiger partial charge in [-0.2, -0.15) is 0 Å². The molecule has 0 spiro atoms. The summed E-state index contributed by atoms with van der Waals surface area (Å²) in [5, 5.41) is 0. The molecule has 0 amide bonds. The standard InChI is InChI=1S/C12H14INOS/c1-4-5-15-9-6-7(2)8(3)10-11(9)16-12(13)14-10/h6H,4-5H2,1-3H3. The first-order valence-corrected chi connectivity index (χ1v) is 7.22. The number of halogens is 1. The quantitative estimate of drug-likeness (QED) is 0.772. The van der Waals surface area contributed by atoms with Gasteiger partial charge in [0.1, 0.15) is 5.75 Å². The molecular formula is C12H14INOS. The Labute approximate surface area is 113 Å². The Hall–Kier alpha value is -0.360. The summed E-state index contributed by atoms with van der Waals surface area (Å²) < 4.78 is 8.04. The van der Waals surface area contributed by atoms with Crippen molar-refractivity contribution < 1.29 is 4.74 Å². The molecule has 0 fully saturated rings. The molecule has 0 unspecified atom stereocenters. The van der Waals surface area contributed by atoms with Crippen LogP contribution in [0.2, 0.25) is 0 Å². The van der Waals surface area contributed by atoms with Gasteiger partial charge in [0.2, 0.25) is 0 Å². The lowest BCUT2D eigenvalue weighted by Crippen LogP contribution is -1.96. The zero-order valence-corrected chi connectivity index (χ0v) is 12.6. The highest BCUT2D eigenvalue weighted by Gasteiger charge is 2.12. The number of thiazole rings is 1. The van der Waals surface area contributed by atoms with Gasteiger partial charge >= 0.3 is 0 Å². The molecule has 16 heavy (non-hydrogen) atoms. The minimum Gasteiger partial charge on any atom is -0.492 e. The van der Waals surface area contributed by atoms with E-state index < -0.39 is 0 Å². The van der Waals surface area contributed by atoms with Crippen LogP contribution in [0.25, 0.3) is 10.2 Å². The van der Waals surface area contributed by atoms with E-state index in [1.165, 1.54) is 15.8 Å². The van der Waals surface area contributed by atoms with E-state index in [0.717, 1.165) is 27.3 Å². The Balaban J connectivity index is 2.59. The van der Waals surface area contributed by atoms with Gasteiger partial charge in [0.05, 0.1) is 16.8 Å². The lowest BCUT2D eigenvalue weighted by molar-refractivity contribution is 0.321. The van der Waals surface area contributed by atoms with E-state index in [1.807, 2.05) is 0 Å². The van der Waals surface area contributed by atoms with Crippen molar-refractivity contribution in [3.8, 4) is 5.75 Å². The predicted molar refractivity (Wildman–Crippen MR) is 77.6 cm³/mol. The van der Waals surface area contributed by atoms with E-state index in [4.69, 9.17) is 4.74 Å². The van der Waals surface area contributed by atoms with Crippen LogP contribution in [-0.4, -0.2) is 11.6 Å². The van der Waals surface area contributed by atoms with Crippen molar-refractivity contribution in [3.63, 3.8) is 0 Å². The molecule has 1 aromatic carbocycles. The Kier molecular flexibility index (Phi) is 3.69. The van der Waals surface area contributed by atoms with Gasteiger partial charge in [0, 0.05) is 0 Å². The molecule has 0 aliphatic heterocycles. The van der Waals surface area contributed by atoms with Gasteiger partial charge in [0.25, 0.3) is 0 Å². The molecule has 0 aliphatic carbocycles. The minimum absolute atomic E-state index is 0.770. The molecule has 2 aromatic rings. The molecule has 2 nitrogen and oxygen atoms in total. The molecule has 0 aliphatic rings. The Morgan fingerprint density at radius 1 is 1.44 bits per heavy atom. The van der Waals surface area contributed by atoms with Crippen LogP contribution in [0.3, 0.4) is 0 Å². The van der Waals surface area contributed by atoms with Crippen LogP contribution in [0.5, 0.6) is 5.75 Å². The zero-order valence-electron chi connectivity index (χ0n) is 9.63. The number of aryl methyl sites for hydroxylation is 2. The second-order valence-corrected chi connectivity index (χ2v) is 6.56. The van der Waals surface area contributed by atoms with Crippen LogP contribution in [0.1, 0.15) is 24.5 Å². The molecule has 86 valence electrons. The Bertz CT molecular complexity index is 521. The lowest BCUT2D eigenvalue weighted by Gasteiger charge is -2.08. The summed E-state index contributed by atoms with van der Waals surface area (Å²) in [5.41, 5.74) is 3.61. The minimum atomic E-state index is 0.770. The summed E-state index contributed by atoms with van der Waals surface area (Å²) in [6.45, 7) is 7.12. The van der Waals surface area contributed by atoms with E-state index in [0.29, 0.717) is 0 Å². The summed E-state index contributed by atoms with van der Waals surface area (Å²) >= 11 is 3.97. The smallest absolute Gasteiger partial charge is 0.155 e. The third-order valence-electron chi connectivity index (χ3n) is 2.58. The molecule has 1 heterocycles. The average molecular weight is 347 g/mol. The topological polar surface area (TPSA) is 22.1 Å². The lowest BCUT2D eigenvalue weighted by atomic mass is 10.1.